The second-order valence-corrected chi connectivity index (χ2v) is 6.66. The number of nitrogens with one attached hydrogen (secondary N) is 1. The average Bonchev–Trinajstić information content (AvgIpc) is 2.61. The Labute approximate surface area is 137 Å². The van der Waals surface area contributed by atoms with Gasteiger partial charge < -0.3 is 20.1 Å². The van der Waals surface area contributed by atoms with Crippen molar-refractivity contribution in [3.8, 4) is 0 Å². The Hall–Kier alpha value is -1.59. The average molecular weight is 318 g/mol. The van der Waals surface area contributed by atoms with E-state index in [1.165, 1.54) is 5.56 Å². The maximum absolute atomic E-state index is 12.4. The molecule has 2 N–H and O–H groups in total. The number of carbonyl (C=O) groups excluding carboxylic acids is 1. The van der Waals surface area contributed by atoms with E-state index in [4.69, 9.17) is 4.74 Å². The van der Waals surface area contributed by atoms with Crippen LogP contribution in [-0.2, 0) is 10.2 Å². The number of amides is 2. The fourth-order valence-corrected chi connectivity index (χ4v) is 3.62. The molecule has 0 bridgehead atoms. The van der Waals surface area contributed by atoms with Gasteiger partial charge in [-0.05, 0) is 31.2 Å². The van der Waals surface area contributed by atoms with Crippen molar-refractivity contribution < 1.29 is 14.6 Å². The van der Waals surface area contributed by atoms with Crippen LogP contribution in [0.15, 0.2) is 30.3 Å². The van der Waals surface area contributed by atoms with Crippen molar-refractivity contribution in [1.29, 1.82) is 0 Å². The molecule has 0 saturated carbocycles. The van der Waals surface area contributed by atoms with Crippen molar-refractivity contribution >= 4 is 6.03 Å². The molecule has 0 radical (unpaired) electrons. The maximum atomic E-state index is 12.4. The quantitative estimate of drug-likeness (QED) is 0.895. The molecule has 1 aromatic carbocycles. The number of nitrogens with zero attached hydrogens (tertiary/aromatic N) is 1. The highest BCUT2D eigenvalue weighted by atomic mass is 16.5. The summed E-state index contributed by atoms with van der Waals surface area (Å²) >= 11 is 0. The van der Waals surface area contributed by atoms with Crippen molar-refractivity contribution in [2.24, 2.45) is 0 Å². The number of ether oxygens (including phenoxy) is 1. The number of rotatable bonds is 3. The van der Waals surface area contributed by atoms with Gasteiger partial charge in [-0.25, -0.2) is 4.79 Å². The number of β-amino-alcohol motifs (C(OH)–C–C–N with tert-alkyl or cyclic N) is 1. The third-order valence-electron chi connectivity index (χ3n) is 5.10. The van der Waals surface area contributed by atoms with Crippen LogP contribution in [0.2, 0.25) is 0 Å². The minimum Gasteiger partial charge on any atom is -0.391 e. The molecule has 5 nitrogen and oxygen atoms in total. The molecule has 0 spiro atoms. The summed E-state index contributed by atoms with van der Waals surface area (Å²) in [5.74, 6) is 0. The molecule has 1 aromatic rings. The lowest BCUT2D eigenvalue weighted by molar-refractivity contribution is 0.0487. The third kappa shape index (κ3) is 3.85. The summed E-state index contributed by atoms with van der Waals surface area (Å²) in [4.78, 5) is 14.2. The fourth-order valence-electron chi connectivity index (χ4n) is 3.62. The number of aliphatic hydroxyl groups is 1. The van der Waals surface area contributed by atoms with Gasteiger partial charge in [0, 0.05) is 38.3 Å². The summed E-state index contributed by atoms with van der Waals surface area (Å²) in [5, 5.41) is 12.8. The second kappa shape index (κ2) is 7.32. The van der Waals surface area contributed by atoms with Gasteiger partial charge in [0.15, 0.2) is 0 Å². The number of likely N-dealkylation sites (tertiary alicyclic amines) is 1. The lowest BCUT2D eigenvalue weighted by atomic mass is 9.74. The van der Waals surface area contributed by atoms with E-state index >= 15 is 0 Å². The van der Waals surface area contributed by atoms with E-state index in [0.29, 0.717) is 13.1 Å². The normalized spacial score (nSPS) is 24.2. The number of benzene rings is 1. The van der Waals surface area contributed by atoms with Crippen LogP contribution in [-0.4, -0.2) is 55.0 Å². The summed E-state index contributed by atoms with van der Waals surface area (Å²) in [7, 11) is 0. The summed E-state index contributed by atoms with van der Waals surface area (Å²) in [6, 6.07) is 10.3. The number of piperidine rings is 1. The predicted molar refractivity (Wildman–Crippen MR) is 88.4 cm³/mol. The van der Waals surface area contributed by atoms with Gasteiger partial charge in [0.05, 0.1) is 6.10 Å². The molecule has 2 aliphatic rings. The van der Waals surface area contributed by atoms with Crippen molar-refractivity contribution in [2.75, 3.05) is 32.8 Å². The Bertz CT molecular complexity index is 514. The van der Waals surface area contributed by atoms with Crippen LogP contribution in [0.1, 0.15) is 31.2 Å². The molecule has 1 unspecified atom stereocenters. The van der Waals surface area contributed by atoms with Crippen molar-refractivity contribution in [2.45, 2.75) is 37.2 Å². The van der Waals surface area contributed by atoms with Crippen LogP contribution in [0.4, 0.5) is 4.79 Å². The molecule has 3 rings (SSSR count). The first-order valence-corrected chi connectivity index (χ1v) is 8.54. The first kappa shape index (κ1) is 16.3. The Morgan fingerprint density at radius 1 is 1.30 bits per heavy atom. The molecule has 0 aliphatic carbocycles. The summed E-state index contributed by atoms with van der Waals surface area (Å²) in [6.45, 7) is 3.24. The number of carbonyl (C=O) groups is 1. The predicted octanol–water partition coefficient (Wildman–Crippen LogP) is 1.90. The first-order valence-electron chi connectivity index (χ1n) is 8.54. The zero-order valence-electron chi connectivity index (χ0n) is 13.5. The van der Waals surface area contributed by atoms with E-state index in [1.54, 1.807) is 4.90 Å². The smallest absolute Gasteiger partial charge is 0.317 e. The molecule has 0 aromatic heterocycles. The Kier molecular flexibility index (Phi) is 5.18. The molecule has 2 heterocycles. The molecular weight excluding hydrogens is 292 g/mol. The summed E-state index contributed by atoms with van der Waals surface area (Å²) in [5.41, 5.74) is 1.21. The van der Waals surface area contributed by atoms with E-state index in [9.17, 15) is 9.90 Å². The fraction of sp³-hybridized carbons (Fsp3) is 0.611. The van der Waals surface area contributed by atoms with E-state index in [-0.39, 0.29) is 17.6 Å². The van der Waals surface area contributed by atoms with Gasteiger partial charge in [-0.2, -0.15) is 0 Å². The van der Waals surface area contributed by atoms with E-state index < -0.39 is 0 Å². The van der Waals surface area contributed by atoms with Crippen molar-refractivity contribution in [3.63, 3.8) is 0 Å². The molecule has 126 valence electrons. The molecule has 2 amide bonds. The zero-order chi connectivity index (χ0) is 16.1. The number of urea groups is 1. The maximum Gasteiger partial charge on any atom is 0.317 e. The Morgan fingerprint density at radius 3 is 2.74 bits per heavy atom. The minimum absolute atomic E-state index is 0.0520. The molecule has 1 atom stereocenters. The van der Waals surface area contributed by atoms with Gasteiger partial charge in [-0.3, -0.25) is 0 Å². The van der Waals surface area contributed by atoms with Gasteiger partial charge in [0.25, 0.3) is 0 Å². The molecule has 2 saturated heterocycles. The first-order chi connectivity index (χ1) is 11.2. The second-order valence-electron chi connectivity index (χ2n) is 6.66. The summed E-state index contributed by atoms with van der Waals surface area (Å²) in [6.07, 6.45) is 3.10. The molecular formula is C18H26N2O3. The topological polar surface area (TPSA) is 61.8 Å². The minimum atomic E-state index is -0.388. The van der Waals surface area contributed by atoms with Crippen LogP contribution < -0.4 is 5.32 Å². The van der Waals surface area contributed by atoms with Gasteiger partial charge in [-0.15, -0.1) is 0 Å². The highest BCUT2D eigenvalue weighted by Crippen LogP contribution is 2.34. The van der Waals surface area contributed by atoms with E-state index in [0.717, 1.165) is 45.4 Å². The highest BCUT2D eigenvalue weighted by Gasteiger charge is 2.35. The Morgan fingerprint density at radius 2 is 2.04 bits per heavy atom. The molecule has 2 fully saturated rings. The van der Waals surface area contributed by atoms with Gasteiger partial charge >= 0.3 is 6.03 Å². The van der Waals surface area contributed by atoms with Crippen LogP contribution in [0.25, 0.3) is 0 Å². The van der Waals surface area contributed by atoms with Crippen LogP contribution >= 0.6 is 0 Å². The summed E-state index contributed by atoms with van der Waals surface area (Å²) < 4.78 is 5.53. The number of hydrogen-bond acceptors (Lipinski definition) is 3. The van der Waals surface area contributed by atoms with E-state index in [1.807, 2.05) is 6.07 Å². The van der Waals surface area contributed by atoms with Gasteiger partial charge in [0.1, 0.15) is 0 Å². The third-order valence-corrected chi connectivity index (χ3v) is 5.10. The van der Waals surface area contributed by atoms with Crippen LogP contribution in [0.3, 0.4) is 0 Å². The van der Waals surface area contributed by atoms with Crippen LogP contribution in [0, 0.1) is 0 Å². The lowest BCUT2D eigenvalue weighted by Crippen LogP contribution is -2.51. The Balaban J connectivity index is 1.66. The molecule has 2 aliphatic heterocycles. The highest BCUT2D eigenvalue weighted by molar-refractivity contribution is 5.74. The lowest BCUT2D eigenvalue weighted by Gasteiger charge is -2.39. The van der Waals surface area contributed by atoms with Crippen molar-refractivity contribution in [1.82, 2.24) is 10.2 Å². The number of hydrogen-bond donors (Lipinski definition) is 2. The standard InChI is InChI=1S/C18H26N2O3/c21-16-7-4-10-20(13-16)17(22)19-14-18(8-11-23-12-9-18)15-5-2-1-3-6-15/h1-3,5-6,16,21H,4,7-14H2,(H,19,22). The van der Waals surface area contributed by atoms with Gasteiger partial charge in [0.2, 0.25) is 0 Å². The zero-order valence-corrected chi connectivity index (χ0v) is 13.5. The number of aliphatic hydroxyl groups excluding tert-OH is 1. The largest absolute Gasteiger partial charge is 0.391 e. The molecule has 5 heteroatoms. The van der Waals surface area contributed by atoms with Crippen molar-refractivity contribution in [3.05, 3.63) is 35.9 Å². The SMILES string of the molecule is O=C(NCC1(c2ccccc2)CCOCC1)N1CCCC(O)C1. The van der Waals surface area contributed by atoms with Crippen LogP contribution in [0.5, 0.6) is 0 Å². The van der Waals surface area contributed by atoms with Gasteiger partial charge in [-0.1, -0.05) is 30.3 Å². The van der Waals surface area contributed by atoms with E-state index in [2.05, 4.69) is 29.6 Å². The monoisotopic (exact) mass is 318 g/mol. The molecule has 23 heavy (non-hydrogen) atoms.